The molecule has 0 radical (unpaired) electrons. The lowest BCUT2D eigenvalue weighted by Crippen LogP contribution is -2.49. The zero-order valence-electron chi connectivity index (χ0n) is 13.5. The SMILES string of the molecule is CC(C)(C)OC(=O)N1CCCC(C(=O)c2ccc(Br)cc2)C1=O. The summed E-state index contributed by atoms with van der Waals surface area (Å²) < 4.78 is 6.11. The predicted octanol–water partition coefficient (Wildman–Crippen LogP) is 3.81. The number of ketones is 1. The largest absolute Gasteiger partial charge is 0.443 e. The number of rotatable bonds is 2. The molecular formula is C17H20BrNO4. The molecule has 0 aliphatic carbocycles. The number of halogens is 1. The van der Waals surface area contributed by atoms with Gasteiger partial charge in [0.15, 0.2) is 5.78 Å². The van der Waals surface area contributed by atoms with Gasteiger partial charge in [-0.2, -0.15) is 0 Å². The van der Waals surface area contributed by atoms with Crippen LogP contribution in [0.3, 0.4) is 0 Å². The summed E-state index contributed by atoms with van der Waals surface area (Å²) in [4.78, 5) is 38.3. The molecule has 0 bridgehead atoms. The van der Waals surface area contributed by atoms with Crippen molar-refractivity contribution in [1.82, 2.24) is 4.90 Å². The average molecular weight is 382 g/mol. The van der Waals surface area contributed by atoms with Crippen molar-refractivity contribution in [1.29, 1.82) is 0 Å². The summed E-state index contributed by atoms with van der Waals surface area (Å²) >= 11 is 3.31. The number of piperidine rings is 1. The van der Waals surface area contributed by atoms with Gasteiger partial charge in [0.2, 0.25) is 5.91 Å². The molecule has 6 heteroatoms. The van der Waals surface area contributed by atoms with E-state index in [0.29, 0.717) is 18.4 Å². The summed E-state index contributed by atoms with van der Waals surface area (Å²) in [5, 5.41) is 0. The minimum absolute atomic E-state index is 0.254. The number of benzene rings is 1. The second-order valence-corrected chi connectivity index (χ2v) is 7.45. The third-order valence-corrected chi connectivity index (χ3v) is 4.03. The van der Waals surface area contributed by atoms with Crippen LogP contribution in [0.1, 0.15) is 44.0 Å². The smallest absolute Gasteiger partial charge is 0.417 e. The number of carbonyl (C=O) groups is 3. The molecule has 0 spiro atoms. The number of carbonyl (C=O) groups excluding carboxylic acids is 3. The molecule has 1 fully saturated rings. The molecule has 1 aliphatic rings. The minimum Gasteiger partial charge on any atom is -0.443 e. The first-order valence-electron chi connectivity index (χ1n) is 7.53. The zero-order chi connectivity index (χ0) is 17.2. The average Bonchev–Trinajstić information content (AvgIpc) is 2.45. The maximum Gasteiger partial charge on any atom is 0.417 e. The second kappa shape index (κ2) is 6.83. The van der Waals surface area contributed by atoms with Crippen LogP contribution >= 0.6 is 15.9 Å². The van der Waals surface area contributed by atoms with E-state index in [4.69, 9.17) is 4.74 Å². The Morgan fingerprint density at radius 2 is 1.83 bits per heavy atom. The number of amides is 2. The topological polar surface area (TPSA) is 63.7 Å². The van der Waals surface area contributed by atoms with Crippen molar-refractivity contribution in [3.63, 3.8) is 0 Å². The first-order valence-corrected chi connectivity index (χ1v) is 8.32. The van der Waals surface area contributed by atoms with Gasteiger partial charge in [0, 0.05) is 16.6 Å². The lowest BCUT2D eigenvalue weighted by molar-refractivity contribution is -0.135. The zero-order valence-corrected chi connectivity index (χ0v) is 15.1. The number of hydrogen-bond donors (Lipinski definition) is 0. The summed E-state index contributed by atoms with van der Waals surface area (Å²) in [5.74, 6) is -1.55. The predicted molar refractivity (Wildman–Crippen MR) is 89.1 cm³/mol. The van der Waals surface area contributed by atoms with Gasteiger partial charge in [-0.3, -0.25) is 9.59 Å². The van der Waals surface area contributed by atoms with Crippen LogP contribution in [0.4, 0.5) is 4.79 Å². The fourth-order valence-corrected chi connectivity index (χ4v) is 2.70. The summed E-state index contributed by atoms with van der Waals surface area (Å²) in [6.07, 6.45) is 0.362. The van der Waals surface area contributed by atoms with Gasteiger partial charge in [-0.1, -0.05) is 28.1 Å². The van der Waals surface area contributed by atoms with E-state index in [1.54, 1.807) is 45.0 Å². The molecule has 1 unspecified atom stereocenters. The van der Waals surface area contributed by atoms with Crippen LogP contribution in [0.15, 0.2) is 28.7 Å². The third kappa shape index (κ3) is 4.41. The number of nitrogens with zero attached hydrogens (tertiary/aromatic N) is 1. The van der Waals surface area contributed by atoms with Crippen molar-refractivity contribution in [2.45, 2.75) is 39.2 Å². The number of likely N-dealkylation sites (tertiary alicyclic amines) is 1. The molecule has 1 atom stereocenters. The molecule has 1 heterocycles. The molecule has 1 aromatic carbocycles. The fraction of sp³-hybridized carbons (Fsp3) is 0.471. The van der Waals surface area contributed by atoms with Gasteiger partial charge in [-0.15, -0.1) is 0 Å². The summed E-state index contributed by atoms with van der Waals surface area (Å²) in [5.41, 5.74) is -0.211. The highest BCUT2D eigenvalue weighted by Crippen LogP contribution is 2.24. The van der Waals surface area contributed by atoms with Crippen molar-refractivity contribution in [2.75, 3.05) is 6.54 Å². The van der Waals surface area contributed by atoms with E-state index in [1.807, 2.05) is 0 Å². The van der Waals surface area contributed by atoms with Gasteiger partial charge in [-0.25, -0.2) is 9.69 Å². The van der Waals surface area contributed by atoms with Gasteiger partial charge >= 0.3 is 6.09 Å². The van der Waals surface area contributed by atoms with Crippen molar-refractivity contribution >= 4 is 33.7 Å². The van der Waals surface area contributed by atoms with Crippen LogP contribution in [0, 0.1) is 5.92 Å². The van der Waals surface area contributed by atoms with Gasteiger partial charge in [0.1, 0.15) is 11.5 Å². The van der Waals surface area contributed by atoms with E-state index in [0.717, 1.165) is 9.37 Å². The third-order valence-electron chi connectivity index (χ3n) is 3.50. The highest BCUT2D eigenvalue weighted by Gasteiger charge is 2.39. The number of ether oxygens (including phenoxy) is 1. The Bertz CT molecular complexity index is 618. The fourth-order valence-electron chi connectivity index (χ4n) is 2.43. The number of imide groups is 1. The number of hydrogen-bond acceptors (Lipinski definition) is 4. The molecule has 2 amide bonds. The van der Waals surface area contributed by atoms with E-state index in [1.165, 1.54) is 0 Å². The van der Waals surface area contributed by atoms with Crippen LogP contribution < -0.4 is 0 Å². The van der Waals surface area contributed by atoms with Gasteiger partial charge in [0.25, 0.3) is 0 Å². The lowest BCUT2D eigenvalue weighted by atomic mass is 9.89. The summed E-state index contributed by atoms with van der Waals surface area (Å²) in [6, 6.07) is 6.86. The van der Waals surface area contributed by atoms with E-state index in [9.17, 15) is 14.4 Å². The molecule has 5 nitrogen and oxygen atoms in total. The van der Waals surface area contributed by atoms with E-state index in [2.05, 4.69) is 15.9 Å². The van der Waals surface area contributed by atoms with Crippen molar-refractivity contribution in [3.05, 3.63) is 34.3 Å². The highest BCUT2D eigenvalue weighted by atomic mass is 79.9. The quantitative estimate of drug-likeness (QED) is 0.577. The van der Waals surface area contributed by atoms with Crippen LogP contribution in [0.2, 0.25) is 0 Å². The summed E-state index contributed by atoms with van der Waals surface area (Å²) in [6.45, 7) is 5.51. The Morgan fingerprint density at radius 1 is 1.22 bits per heavy atom. The molecule has 1 saturated heterocycles. The maximum absolute atomic E-state index is 12.6. The Balaban J connectivity index is 2.14. The Morgan fingerprint density at radius 3 is 2.39 bits per heavy atom. The highest BCUT2D eigenvalue weighted by molar-refractivity contribution is 9.10. The first kappa shape index (κ1) is 17.7. The molecule has 0 N–H and O–H groups in total. The Hall–Kier alpha value is -1.69. The van der Waals surface area contributed by atoms with Gasteiger partial charge < -0.3 is 4.74 Å². The van der Waals surface area contributed by atoms with E-state index >= 15 is 0 Å². The first-order chi connectivity index (χ1) is 10.7. The van der Waals surface area contributed by atoms with Crippen LogP contribution in [0.25, 0.3) is 0 Å². The Labute approximate surface area is 144 Å². The molecular weight excluding hydrogens is 362 g/mol. The lowest BCUT2D eigenvalue weighted by Gasteiger charge is -2.31. The van der Waals surface area contributed by atoms with Gasteiger partial charge in [-0.05, 0) is 45.7 Å². The van der Waals surface area contributed by atoms with Gasteiger partial charge in [0.05, 0.1) is 0 Å². The molecule has 23 heavy (non-hydrogen) atoms. The normalized spacial score (nSPS) is 18.7. The summed E-state index contributed by atoms with van der Waals surface area (Å²) in [7, 11) is 0. The minimum atomic E-state index is -0.822. The Kier molecular flexibility index (Phi) is 5.24. The molecule has 2 rings (SSSR count). The molecule has 1 aliphatic heterocycles. The van der Waals surface area contributed by atoms with E-state index < -0.39 is 23.5 Å². The molecule has 0 aromatic heterocycles. The maximum atomic E-state index is 12.6. The van der Waals surface area contributed by atoms with Crippen molar-refractivity contribution in [2.24, 2.45) is 5.92 Å². The molecule has 124 valence electrons. The monoisotopic (exact) mass is 381 g/mol. The standard InChI is InChI=1S/C17H20BrNO4/c1-17(2,3)23-16(22)19-10-4-5-13(15(19)21)14(20)11-6-8-12(18)9-7-11/h6-9,13H,4-5,10H2,1-3H3. The van der Waals surface area contributed by atoms with Crippen LogP contribution in [0.5, 0.6) is 0 Å². The van der Waals surface area contributed by atoms with Crippen molar-refractivity contribution < 1.29 is 19.1 Å². The second-order valence-electron chi connectivity index (χ2n) is 6.54. The molecule has 0 saturated carbocycles. The molecule has 1 aromatic rings. The van der Waals surface area contributed by atoms with E-state index in [-0.39, 0.29) is 12.3 Å². The van der Waals surface area contributed by atoms with Crippen LogP contribution in [-0.2, 0) is 9.53 Å². The number of Topliss-reactive ketones (excluding diaryl/α,β-unsaturated/α-hetero) is 1. The van der Waals surface area contributed by atoms with Crippen molar-refractivity contribution in [3.8, 4) is 0 Å². The van der Waals surface area contributed by atoms with Crippen LogP contribution in [-0.4, -0.2) is 34.8 Å².